The number of carboxylic acids is 1. The number of nitro benzene ring substituents is 1. The van der Waals surface area contributed by atoms with Crippen molar-refractivity contribution in [2.45, 2.75) is 13.8 Å². The molecule has 2 N–H and O–H groups in total. The van der Waals surface area contributed by atoms with Gasteiger partial charge in [0.15, 0.2) is 0 Å². The Morgan fingerprint density at radius 3 is 2.38 bits per heavy atom. The van der Waals surface area contributed by atoms with Gasteiger partial charge in [-0.05, 0) is 12.1 Å². The highest BCUT2D eigenvalue weighted by molar-refractivity contribution is 7.90. The summed E-state index contributed by atoms with van der Waals surface area (Å²) in [4.78, 5) is 20.9. The second kappa shape index (κ2) is 6.50. The van der Waals surface area contributed by atoms with E-state index in [1.165, 1.54) is 0 Å². The molecule has 0 heterocycles. The van der Waals surface area contributed by atoms with E-state index in [2.05, 4.69) is 4.72 Å². The number of rotatable bonds is 7. The van der Waals surface area contributed by atoms with Crippen molar-refractivity contribution in [3.05, 3.63) is 33.9 Å². The zero-order valence-electron chi connectivity index (χ0n) is 11.4. The lowest BCUT2D eigenvalue weighted by atomic mass is 10.2. The Morgan fingerprint density at radius 2 is 1.95 bits per heavy atom. The first-order valence-electron chi connectivity index (χ1n) is 6.02. The molecule has 0 saturated carbocycles. The third kappa shape index (κ3) is 3.89. The third-order valence-corrected chi connectivity index (χ3v) is 4.40. The van der Waals surface area contributed by atoms with Crippen LogP contribution in [0, 0.1) is 10.1 Å². The smallest absolute Gasteiger partial charge is 0.335 e. The summed E-state index contributed by atoms with van der Waals surface area (Å²) < 4.78 is 27.2. The zero-order chi connectivity index (χ0) is 16.2. The summed E-state index contributed by atoms with van der Waals surface area (Å²) >= 11 is 0. The fourth-order valence-corrected chi connectivity index (χ4v) is 2.93. The molecule has 1 aromatic carbocycles. The molecule has 0 unspecified atom stereocenters. The van der Waals surface area contributed by atoms with Gasteiger partial charge in [-0.15, -0.1) is 0 Å². The average Bonchev–Trinajstić information content (AvgIpc) is 2.39. The standard InChI is InChI=1S/C11H15N3O6S/c1-3-13(4-2)21(19,20)12-9-6-5-8(11(15)16)7-10(9)14(17)18/h5-7,12H,3-4H2,1-2H3,(H,15,16). The van der Waals surface area contributed by atoms with Crippen LogP contribution in [-0.4, -0.2) is 41.8 Å². The van der Waals surface area contributed by atoms with Crippen LogP contribution in [0.2, 0.25) is 0 Å². The number of nitrogens with one attached hydrogen (secondary N) is 1. The predicted molar refractivity (Wildman–Crippen MR) is 75.5 cm³/mol. The molecule has 0 amide bonds. The number of aromatic carboxylic acids is 1. The van der Waals surface area contributed by atoms with Gasteiger partial charge in [-0.25, -0.2) is 4.79 Å². The van der Waals surface area contributed by atoms with Gasteiger partial charge in [-0.2, -0.15) is 12.7 Å². The van der Waals surface area contributed by atoms with Crippen LogP contribution in [0.3, 0.4) is 0 Å². The predicted octanol–water partition coefficient (Wildman–Crippen LogP) is 1.29. The first-order chi connectivity index (χ1) is 9.72. The normalized spacial score (nSPS) is 11.4. The van der Waals surface area contributed by atoms with Crippen LogP contribution in [-0.2, 0) is 10.2 Å². The highest BCUT2D eigenvalue weighted by Crippen LogP contribution is 2.27. The van der Waals surface area contributed by atoms with Crippen LogP contribution in [0.4, 0.5) is 11.4 Å². The zero-order valence-corrected chi connectivity index (χ0v) is 12.3. The Labute approximate surface area is 121 Å². The number of nitro groups is 1. The number of hydrogen-bond acceptors (Lipinski definition) is 5. The maximum atomic E-state index is 12.0. The summed E-state index contributed by atoms with van der Waals surface area (Å²) in [5, 5.41) is 19.8. The topological polar surface area (TPSA) is 130 Å². The van der Waals surface area contributed by atoms with Gasteiger partial charge >= 0.3 is 16.2 Å². The van der Waals surface area contributed by atoms with Crippen molar-refractivity contribution < 1.29 is 23.2 Å². The Balaban J connectivity index is 3.25. The summed E-state index contributed by atoms with van der Waals surface area (Å²) in [5.74, 6) is -1.34. The molecule has 0 aliphatic rings. The molecule has 1 aromatic rings. The number of hydrogen-bond donors (Lipinski definition) is 2. The maximum absolute atomic E-state index is 12.0. The van der Waals surface area contributed by atoms with Crippen molar-refractivity contribution in [2.75, 3.05) is 17.8 Å². The highest BCUT2D eigenvalue weighted by atomic mass is 32.2. The van der Waals surface area contributed by atoms with Crippen molar-refractivity contribution in [3.8, 4) is 0 Å². The van der Waals surface area contributed by atoms with Gasteiger partial charge in [0.25, 0.3) is 5.69 Å². The molecule has 0 aromatic heterocycles. The summed E-state index contributed by atoms with van der Waals surface area (Å²) in [6, 6.07) is 2.96. The minimum absolute atomic E-state index is 0.201. The van der Waals surface area contributed by atoms with Crippen LogP contribution in [0.15, 0.2) is 18.2 Å². The molecule has 0 spiro atoms. The number of carbonyl (C=O) groups is 1. The fourth-order valence-electron chi connectivity index (χ4n) is 1.67. The molecule has 0 radical (unpaired) electrons. The maximum Gasteiger partial charge on any atom is 0.335 e. The number of anilines is 1. The fraction of sp³-hybridized carbons (Fsp3) is 0.364. The first kappa shape index (κ1) is 16.9. The van der Waals surface area contributed by atoms with Crippen molar-refractivity contribution in [3.63, 3.8) is 0 Å². The lowest BCUT2D eigenvalue weighted by Gasteiger charge is -2.19. The van der Waals surface area contributed by atoms with Crippen molar-refractivity contribution in [1.82, 2.24) is 4.31 Å². The molecule has 0 aliphatic carbocycles. The molecular formula is C11H15N3O6S. The Kier molecular flexibility index (Phi) is 5.22. The second-order valence-corrected chi connectivity index (χ2v) is 5.66. The van der Waals surface area contributed by atoms with E-state index in [0.717, 1.165) is 22.5 Å². The van der Waals surface area contributed by atoms with Crippen molar-refractivity contribution in [1.29, 1.82) is 0 Å². The van der Waals surface area contributed by atoms with Gasteiger partial charge in [-0.1, -0.05) is 13.8 Å². The van der Waals surface area contributed by atoms with Crippen LogP contribution in [0.1, 0.15) is 24.2 Å². The SMILES string of the molecule is CCN(CC)S(=O)(=O)Nc1ccc(C(=O)O)cc1[N+](=O)[O-]. The monoisotopic (exact) mass is 317 g/mol. The van der Waals surface area contributed by atoms with Gasteiger partial charge in [0.05, 0.1) is 10.5 Å². The quantitative estimate of drug-likeness (QED) is 0.575. The summed E-state index contributed by atoms with van der Waals surface area (Å²) in [6.07, 6.45) is 0. The second-order valence-electron chi connectivity index (χ2n) is 3.99. The Hall–Kier alpha value is -2.20. The van der Waals surface area contributed by atoms with E-state index in [0.29, 0.717) is 0 Å². The number of carboxylic acid groups (broad SMARTS) is 1. The highest BCUT2D eigenvalue weighted by Gasteiger charge is 2.24. The molecular weight excluding hydrogens is 302 g/mol. The lowest BCUT2D eigenvalue weighted by molar-refractivity contribution is -0.383. The molecule has 1 rings (SSSR count). The van der Waals surface area contributed by atoms with E-state index in [9.17, 15) is 23.3 Å². The molecule has 0 fully saturated rings. The van der Waals surface area contributed by atoms with Gasteiger partial charge in [0.2, 0.25) is 0 Å². The number of nitrogens with zero attached hydrogens (tertiary/aromatic N) is 2. The molecule has 10 heteroatoms. The molecule has 0 bridgehead atoms. The molecule has 0 atom stereocenters. The average molecular weight is 317 g/mol. The van der Waals surface area contributed by atoms with Crippen LogP contribution in [0.25, 0.3) is 0 Å². The molecule has 9 nitrogen and oxygen atoms in total. The van der Waals surface area contributed by atoms with E-state index < -0.39 is 26.8 Å². The lowest BCUT2D eigenvalue weighted by Crippen LogP contribution is -2.35. The minimum Gasteiger partial charge on any atom is -0.478 e. The molecule has 116 valence electrons. The molecule has 0 aliphatic heterocycles. The first-order valence-corrected chi connectivity index (χ1v) is 7.46. The summed E-state index contributed by atoms with van der Waals surface area (Å²) in [7, 11) is -3.93. The summed E-state index contributed by atoms with van der Waals surface area (Å²) in [5.41, 5.74) is -1.20. The largest absolute Gasteiger partial charge is 0.478 e. The van der Waals surface area contributed by atoms with Crippen molar-refractivity contribution in [2.24, 2.45) is 0 Å². The van der Waals surface area contributed by atoms with E-state index in [-0.39, 0.29) is 24.3 Å². The molecule has 21 heavy (non-hydrogen) atoms. The van der Waals surface area contributed by atoms with Crippen molar-refractivity contribution >= 4 is 27.6 Å². The van der Waals surface area contributed by atoms with Gasteiger partial charge in [0, 0.05) is 19.2 Å². The van der Waals surface area contributed by atoms with E-state index in [1.54, 1.807) is 13.8 Å². The molecule has 0 saturated heterocycles. The Bertz CT molecular complexity index is 654. The van der Waals surface area contributed by atoms with E-state index >= 15 is 0 Å². The van der Waals surface area contributed by atoms with E-state index in [4.69, 9.17) is 5.11 Å². The number of benzene rings is 1. The van der Waals surface area contributed by atoms with Gasteiger partial charge < -0.3 is 5.11 Å². The van der Waals surface area contributed by atoms with Gasteiger partial charge in [0.1, 0.15) is 5.69 Å². The van der Waals surface area contributed by atoms with Crippen LogP contribution < -0.4 is 4.72 Å². The van der Waals surface area contributed by atoms with Gasteiger partial charge in [-0.3, -0.25) is 14.8 Å². The van der Waals surface area contributed by atoms with Crippen LogP contribution in [0.5, 0.6) is 0 Å². The minimum atomic E-state index is -3.93. The Morgan fingerprint density at radius 1 is 1.38 bits per heavy atom. The third-order valence-electron chi connectivity index (χ3n) is 2.73. The summed E-state index contributed by atoms with van der Waals surface area (Å²) in [6.45, 7) is 3.66. The van der Waals surface area contributed by atoms with Crippen LogP contribution >= 0.6 is 0 Å². The van der Waals surface area contributed by atoms with E-state index in [1.807, 2.05) is 0 Å².